The topological polar surface area (TPSA) is 93.2 Å². The van der Waals surface area contributed by atoms with E-state index < -0.39 is 20.0 Å². The summed E-state index contributed by atoms with van der Waals surface area (Å²) in [5.41, 5.74) is 0. The predicted molar refractivity (Wildman–Crippen MR) is 96.1 cm³/mol. The minimum atomic E-state index is -3.64. The molecule has 3 rings (SSSR count). The van der Waals surface area contributed by atoms with Crippen LogP contribution in [0.3, 0.4) is 0 Å². The lowest BCUT2D eigenvalue weighted by Crippen LogP contribution is -2.64. The van der Waals surface area contributed by atoms with Crippen molar-refractivity contribution in [1.82, 2.24) is 8.61 Å². The SMILES string of the molecule is COc1ccc(S(=O)(=O)N2CC(N(C3CCOCC3)S(C)(=O)=O)C2)cc1. The normalized spacial score (nSPS) is 20.9. The molecule has 2 aliphatic rings. The molecule has 2 saturated heterocycles. The molecule has 1 aromatic rings. The molecule has 0 spiro atoms. The summed E-state index contributed by atoms with van der Waals surface area (Å²) >= 11 is 0. The van der Waals surface area contributed by atoms with Gasteiger partial charge in [0.1, 0.15) is 5.75 Å². The van der Waals surface area contributed by atoms with Crippen molar-refractivity contribution in [3.63, 3.8) is 0 Å². The number of methoxy groups -OCH3 is 1. The first kappa shape index (κ1) is 19.6. The van der Waals surface area contributed by atoms with Gasteiger partial charge in [-0.05, 0) is 37.1 Å². The highest BCUT2D eigenvalue weighted by Gasteiger charge is 2.45. The fraction of sp³-hybridized carbons (Fsp3) is 0.625. The molecule has 2 heterocycles. The quantitative estimate of drug-likeness (QED) is 0.686. The van der Waals surface area contributed by atoms with Gasteiger partial charge >= 0.3 is 0 Å². The van der Waals surface area contributed by atoms with E-state index in [1.165, 1.54) is 34.1 Å². The largest absolute Gasteiger partial charge is 0.497 e. The van der Waals surface area contributed by atoms with Gasteiger partial charge in [0, 0.05) is 32.3 Å². The predicted octanol–water partition coefficient (Wildman–Crippen LogP) is 0.509. The molecule has 0 saturated carbocycles. The van der Waals surface area contributed by atoms with Gasteiger partial charge in [-0.1, -0.05) is 0 Å². The second-order valence-corrected chi connectivity index (χ2v) is 10.4. The van der Waals surface area contributed by atoms with Crippen LogP contribution in [0, 0.1) is 0 Å². The van der Waals surface area contributed by atoms with Gasteiger partial charge in [-0.15, -0.1) is 0 Å². The fourth-order valence-corrected chi connectivity index (χ4v) is 6.39. The minimum Gasteiger partial charge on any atom is -0.497 e. The van der Waals surface area contributed by atoms with Crippen molar-refractivity contribution in [3.05, 3.63) is 24.3 Å². The number of benzene rings is 1. The smallest absolute Gasteiger partial charge is 0.243 e. The lowest BCUT2D eigenvalue weighted by atomic mass is 10.1. The van der Waals surface area contributed by atoms with E-state index in [1.54, 1.807) is 12.1 Å². The molecule has 26 heavy (non-hydrogen) atoms. The summed E-state index contributed by atoms with van der Waals surface area (Å²) in [5.74, 6) is 0.577. The fourth-order valence-electron chi connectivity index (χ4n) is 3.45. The molecular weight excluding hydrogens is 380 g/mol. The molecule has 0 aliphatic carbocycles. The number of nitrogens with zero attached hydrogens (tertiary/aromatic N) is 2. The van der Waals surface area contributed by atoms with Gasteiger partial charge in [0.25, 0.3) is 0 Å². The Morgan fingerprint density at radius 3 is 2.12 bits per heavy atom. The summed E-state index contributed by atoms with van der Waals surface area (Å²) in [5, 5.41) is 0. The second kappa shape index (κ2) is 7.43. The molecule has 0 unspecified atom stereocenters. The Hall–Kier alpha value is -1.20. The van der Waals surface area contributed by atoms with E-state index in [1.807, 2.05) is 0 Å². The van der Waals surface area contributed by atoms with Gasteiger partial charge in [-0.2, -0.15) is 8.61 Å². The second-order valence-electron chi connectivity index (χ2n) is 6.59. The number of sulfonamides is 2. The van der Waals surface area contributed by atoms with Crippen molar-refractivity contribution in [2.75, 3.05) is 39.7 Å². The summed E-state index contributed by atoms with van der Waals surface area (Å²) in [6, 6.07) is 5.71. The lowest BCUT2D eigenvalue weighted by molar-refractivity contribution is 0.0317. The maximum atomic E-state index is 12.7. The molecular formula is C16H24N2O6S2. The summed E-state index contributed by atoms with van der Waals surface area (Å²) < 4.78 is 63.1. The highest BCUT2D eigenvalue weighted by molar-refractivity contribution is 7.89. The van der Waals surface area contributed by atoms with Crippen LogP contribution < -0.4 is 4.74 Å². The van der Waals surface area contributed by atoms with Gasteiger partial charge in [0.05, 0.1) is 24.3 Å². The first-order chi connectivity index (χ1) is 12.2. The molecule has 0 amide bonds. The molecule has 0 bridgehead atoms. The number of hydrogen-bond acceptors (Lipinski definition) is 6. The molecule has 10 heteroatoms. The van der Waals surface area contributed by atoms with Crippen molar-refractivity contribution in [1.29, 1.82) is 0 Å². The van der Waals surface area contributed by atoms with Crippen molar-refractivity contribution >= 4 is 20.0 Å². The summed E-state index contributed by atoms with van der Waals surface area (Å²) in [6.45, 7) is 1.38. The molecule has 8 nitrogen and oxygen atoms in total. The Morgan fingerprint density at radius 2 is 1.62 bits per heavy atom. The molecule has 0 N–H and O–H groups in total. The molecule has 0 aromatic heterocycles. The third-order valence-corrected chi connectivity index (χ3v) is 8.03. The zero-order valence-corrected chi connectivity index (χ0v) is 16.5. The minimum absolute atomic E-state index is 0.130. The van der Waals surface area contributed by atoms with E-state index in [4.69, 9.17) is 9.47 Å². The van der Waals surface area contributed by atoms with Crippen molar-refractivity contribution in [2.45, 2.75) is 29.8 Å². The van der Waals surface area contributed by atoms with Crippen LogP contribution in [0.2, 0.25) is 0 Å². The van der Waals surface area contributed by atoms with Crippen LogP contribution in [0.25, 0.3) is 0 Å². The third kappa shape index (κ3) is 3.89. The van der Waals surface area contributed by atoms with Crippen LogP contribution in [0.1, 0.15) is 12.8 Å². The van der Waals surface area contributed by atoms with Gasteiger partial charge in [0.15, 0.2) is 0 Å². The number of hydrogen-bond donors (Lipinski definition) is 0. The van der Waals surface area contributed by atoms with Gasteiger partial charge < -0.3 is 9.47 Å². The Bertz CT molecular complexity index is 826. The van der Waals surface area contributed by atoms with Crippen LogP contribution in [0.4, 0.5) is 0 Å². The summed E-state index contributed by atoms with van der Waals surface area (Å²) in [7, 11) is -5.55. The number of rotatable bonds is 6. The maximum Gasteiger partial charge on any atom is 0.243 e. The Labute approximate surface area is 154 Å². The zero-order chi connectivity index (χ0) is 18.9. The molecule has 146 valence electrons. The van der Waals surface area contributed by atoms with E-state index in [2.05, 4.69) is 0 Å². The molecule has 0 radical (unpaired) electrons. The van der Waals surface area contributed by atoms with E-state index in [0.29, 0.717) is 31.8 Å². The standard InChI is InChI=1S/C16H24N2O6S2/c1-23-15-3-5-16(6-4-15)26(21,22)17-11-14(12-17)18(25(2,19)20)13-7-9-24-10-8-13/h3-6,13-14H,7-12H2,1-2H3. The van der Waals surface area contributed by atoms with Crippen LogP contribution in [0.15, 0.2) is 29.2 Å². The average Bonchev–Trinajstić information content (AvgIpc) is 2.57. The molecule has 2 fully saturated rings. The summed E-state index contributed by atoms with van der Waals surface area (Å²) in [6.07, 6.45) is 2.45. The highest BCUT2D eigenvalue weighted by atomic mass is 32.2. The van der Waals surface area contributed by atoms with Crippen LogP contribution in [-0.4, -0.2) is 77.2 Å². The zero-order valence-electron chi connectivity index (χ0n) is 14.9. The van der Waals surface area contributed by atoms with Crippen LogP contribution in [0.5, 0.6) is 5.75 Å². The van der Waals surface area contributed by atoms with Gasteiger partial charge in [0.2, 0.25) is 20.0 Å². The van der Waals surface area contributed by atoms with Crippen LogP contribution >= 0.6 is 0 Å². The highest BCUT2D eigenvalue weighted by Crippen LogP contribution is 2.30. The molecule has 2 aliphatic heterocycles. The van der Waals surface area contributed by atoms with Crippen LogP contribution in [-0.2, 0) is 24.8 Å². The Morgan fingerprint density at radius 1 is 1.04 bits per heavy atom. The lowest BCUT2D eigenvalue weighted by Gasteiger charge is -2.46. The van der Waals surface area contributed by atoms with Crippen molar-refractivity contribution in [3.8, 4) is 5.75 Å². The molecule has 1 aromatic carbocycles. The number of ether oxygens (including phenoxy) is 2. The average molecular weight is 405 g/mol. The van der Waals surface area contributed by atoms with E-state index in [0.717, 1.165) is 0 Å². The van der Waals surface area contributed by atoms with E-state index in [-0.39, 0.29) is 30.1 Å². The summed E-state index contributed by atoms with van der Waals surface area (Å²) in [4.78, 5) is 0.175. The van der Waals surface area contributed by atoms with Gasteiger partial charge in [-0.3, -0.25) is 0 Å². The van der Waals surface area contributed by atoms with E-state index in [9.17, 15) is 16.8 Å². The first-order valence-electron chi connectivity index (χ1n) is 8.44. The van der Waals surface area contributed by atoms with Gasteiger partial charge in [-0.25, -0.2) is 16.8 Å². The Kier molecular flexibility index (Phi) is 5.59. The van der Waals surface area contributed by atoms with Crippen molar-refractivity contribution in [2.24, 2.45) is 0 Å². The maximum absolute atomic E-state index is 12.7. The molecule has 0 atom stereocenters. The third-order valence-electron chi connectivity index (χ3n) is 4.82. The van der Waals surface area contributed by atoms with Crippen molar-refractivity contribution < 1.29 is 26.3 Å². The van der Waals surface area contributed by atoms with E-state index >= 15 is 0 Å². The Balaban J connectivity index is 1.72. The monoisotopic (exact) mass is 404 g/mol. The first-order valence-corrected chi connectivity index (χ1v) is 11.7.